The number of hydrogen-bond acceptors (Lipinski definition) is 15. The number of rotatable bonds is 35. The van der Waals surface area contributed by atoms with Crippen molar-refractivity contribution in [2.45, 2.75) is 0 Å². The molecule has 0 radical (unpaired) electrons. The van der Waals surface area contributed by atoms with Crippen LogP contribution < -0.4 is 4.74 Å². The van der Waals surface area contributed by atoms with Crippen molar-refractivity contribution in [3.05, 3.63) is 46.5 Å². The van der Waals surface area contributed by atoms with Crippen LogP contribution in [0.5, 0.6) is 5.75 Å². The minimum Gasteiger partial charge on any atom is -0.491 e. The lowest BCUT2D eigenvalue weighted by Gasteiger charge is -2.13. The van der Waals surface area contributed by atoms with Crippen molar-refractivity contribution in [3.63, 3.8) is 0 Å². The lowest BCUT2D eigenvalue weighted by atomic mass is 10.3. The summed E-state index contributed by atoms with van der Waals surface area (Å²) in [6.45, 7) is 9.30. The molecule has 0 fully saturated rings. The molecule has 2 rings (SSSR count). The van der Waals surface area contributed by atoms with Gasteiger partial charge < -0.3 is 52.1 Å². The van der Waals surface area contributed by atoms with Crippen molar-refractivity contribution < 1.29 is 66.6 Å². The van der Waals surface area contributed by atoms with Crippen LogP contribution in [0.25, 0.3) is 0 Å². The fraction of sp³-hybridized carbons (Fsp3) is 0.688. The first-order valence-electron chi connectivity index (χ1n) is 16.3. The Morgan fingerprint density at radius 2 is 0.735 bits per heavy atom. The number of carbonyl (C=O) groups excluding carboxylic acids is 2. The number of carbonyl (C=O) groups is 2. The molecule has 0 saturated heterocycles. The van der Waals surface area contributed by atoms with Gasteiger partial charge in [-0.15, -0.1) is 0 Å². The fourth-order valence-electron chi connectivity index (χ4n) is 3.77. The molecule has 17 heteroatoms. The van der Waals surface area contributed by atoms with Gasteiger partial charge in [-0.05, 0) is 12.1 Å². The molecule has 2 amide bonds. The highest BCUT2D eigenvalue weighted by Crippen LogP contribution is 2.17. The maximum Gasteiger partial charge on any atom is 0.269 e. The van der Waals surface area contributed by atoms with Crippen molar-refractivity contribution in [2.24, 2.45) is 0 Å². The average Bonchev–Trinajstić information content (AvgIpc) is 3.42. The predicted molar refractivity (Wildman–Crippen MR) is 173 cm³/mol. The van der Waals surface area contributed by atoms with Gasteiger partial charge in [-0.25, -0.2) is 0 Å². The molecule has 17 nitrogen and oxygen atoms in total. The molecular weight excluding hydrogens is 652 g/mol. The second kappa shape index (κ2) is 29.8. The molecule has 1 heterocycles. The number of nitro benzene ring substituents is 1. The van der Waals surface area contributed by atoms with Crippen molar-refractivity contribution in [1.82, 2.24) is 4.90 Å². The molecular formula is C32H50N2O15. The van der Waals surface area contributed by atoms with Crippen LogP contribution in [0.15, 0.2) is 36.4 Å². The Balaban J connectivity index is 1.16. The summed E-state index contributed by atoms with van der Waals surface area (Å²) in [5.74, 6) is -0.0759. The first-order valence-corrected chi connectivity index (χ1v) is 16.3. The molecule has 0 bridgehead atoms. The first kappa shape index (κ1) is 42.1. The maximum atomic E-state index is 11.4. The zero-order valence-electron chi connectivity index (χ0n) is 28.0. The number of benzene rings is 1. The van der Waals surface area contributed by atoms with Gasteiger partial charge in [0.05, 0.1) is 144 Å². The molecule has 1 aliphatic heterocycles. The summed E-state index contributed by atoms with van der Waals surface area (Å²) in [7, 11) is 0. The Kier molecular flexibility index (Phi) is 25.6. The number of hydrogen-bond donors (Lipinski definition) is 0. The lowest BCUT2D eigenvalue weighted by Crippen LogP contribution is -2.33. The number of nitro groups is 1. The predicted octanol–water partition coefficient (Wildman–Crippen LogP) is 1.06. The second-order valence-electron chi connectivity index (χ2n) is 9.88. The van der Waals surface area contributed by atoms with E-state index < -0.39 is 4.92 Å². The molecule has 1 aliphatic rings. The summed E-state index contributed by atoms with van der Waals surface area (Å²) < 4.78 is 59.8. The minimum absolute atomic E-state index is 0.0199. The van der Waals surface area contributed by atoms with E-state index in [-0.39, 0.29) is 30.7 Å². The summed E-state index contributed by atoms with van der Waals surface area (Å²) >= 11 is 0. The van der Waals surface area contributed by atoms with Gasteiger partial charge in [0.2, 0.25) is 0 Å². The highest BCUT2D eigenvalue weighted by atomic mass is 16.6. The minimum atomic E-state index is -0.457. The zero-order valence-corrected chi connectivity index (χ0v) is 28.0. The van der Waals surface area contributed by atoms with E-state index in [1.54, 1.807) is 12.1 Å². The SMILES string of the molecule is O=C1C=CC(=O)N1CCOCCOCCOCCOCCOCCOCCOCCOCCOCCOCCOc1ccc([N+](=O)[O-])cc1. The van der Waals surface area contributed by atoms with Crippen molar-refractivity contribution in [1.29, 1.82) is 0 Å². The fourth-order valence-corrected chi connectivity index (χ4v) is 3.77. The van der Waals surface area contributed by atoms with Crippen molar-refractivity contribution in [2.75, 3.05) is 145 Å². The van der Waals surface area contributed by atoms with Crippen LogP contribution in [0, 0.1) is 10.1 Å². The topological polar surface area (TPSA) is 182 Å². The molecule has 0 aromatic heterocycles. The number of non-ortho nitro benzene ring substituents is 1. The number of ether oxygens (including phenoxy) is 11. The molecule has 49 heavy (non-hydrogen) atoms. The average molecular weight is 703 g/mol. The van der Waals surface area contributed by atoms with Crippen LogP contribution in [-0.2, 0) is 57.0 Å². The highest BCUT2D eigenvalue weighted by Gasteiger charge is 2.22. The van der Waals surface area contributed by atoms with Gasteiger partial charge in [0.1, 0.15) is 12.4 Å². The molecule has 0 spiro atoms. The Bertz CT molecular complexity index is 1010. The summed E-state index contributed by atoms with van der Waals surface area (Å²) in [4.78, 5) is 34.1. The van der Waals surface area contributed by atoms with Crippen LogP contribution in [0.4, 0.5) is 5.69 Å². The van der Waals surface area contributed by atoms with Gasteiger partial charge >= 0.3 is 0 Å². The molecule has 0 aliphatic carbocycles. The third-order valence-corrected chi connectivity index (χ3v) is 6.25. The molecule has 0 saturated carbocycles. The first-order chi connectivity index (χ1) is 24.1. The Labute approximate surface area is 286 Å². The molecule has 0 atom stereocenters. The van der Waals surface area contributed by atoms with Gasteiger partial charge in [-0.3, -0.25) is 24.6 Å². The smallest absolute Gasteiger partial charge is 0.269 e. The van der Waals surface area contributed by atoms with Crippen LogP contribution in [0.1, 0.15) is 0 Å². The van der Waals surface area contributed by atoms with Gasteiger partial charge in [-0.2, -0.15) is 0 Å². The molecule has 1 aromatic rings. The van der Waals surface area contributed by atoms with E-state index >= 15 is 0 Å². The molecule has 1 aromatic carbocycles. The number of amides is 2. The third kappa shape index (κ3) is 23.0. The zero-order chi connectivity index (χ0) is 35.0. The van der Waals surface area contributed by atoms with E-state index in [2.05, 4.69) is 0 Å². The quantitative estimate of drug-likeness (QED) is 0.0424. The van der Waals surface area contributed by atoms with E-state index in [1.807, 2.05) is 0 Å². The largest absolute Gasteiger partial charge is 0.491 e. The normalized spacial score (nSPS) is 12.8. The van der Waals surface area contributed by atoms with Gasteiger partial charge in [0.15, 0.2) is 0 Å². The lowest BCUT2D eigenvalue weighted by molar-refractivity contribution is -0.384. The standard InChI is InChI=1S/C32H50N2O15/c35-31-5-6-32(36)33(31)7-8-39-9-10-40-11-12-41-13-14-42-15-16-43-17-18-44-19-20-45-21-22-46-23-24-47-25-26-48-27-28-49-30-3-1-29(2-4-30)34(37)38/h1-6H,7-28H2. The number of nitrogens with zero attached hydrogens (tertiary/aromatic N) is 2. The monoisotopic (exact) mass is 702 g/mol. The second-order valence-corrected chi connectivity index (χ2v) is 9.88. The van der Waals surface area contributed by atoms with E-state index in [0.717, 1.165) is 4.90 Å². The van der Waals surface area contributed by atoms with Crippen LogP contribution >= 0.6 is 0 Å². The third-order valence-electron chi connectivity index (χ3n) is 6.25. The van der Waals surface area contributed by atoms with Gasteiger partial charge in [-0.1, -0.05) is 0 Å². The van der Waals surface area contributed by atoms with E-state index in [4.69, 9.17) is 52.1 Å². The maximum absolute atomic E-state index is 11.4. The van der Waals surface area contributed by atoms with Crippen molar-refractivity contribution in [3.8, 4) is 5.75 Å². The highest BCUT2D eigenvalue weighted by molar-refractivity contribution is 6.12. The molecule has 278 valence electrons. The summed E-state index contributed by atoms with van der Waals surface area (Å²) in [6, 6.07) is 5.89. The van der Waals surface area contributed by atoms with Gasteiger partial charge in [0.25, 0.3) is 17.5 Å². The van der Waals surface area contributed by atoms with Crippen LogP contribution in [0.2, 0.25) is 0 Å². The van der Waals surface area contributed by atoms with Gasteiger partial charge in [0, 0.05) is 24.3 Å². The van der Waals surface area contributed by atoms with Crippen LogP contribution in [0.3, 0.4) is 0 Å². The molecule has 0 N–H and O–H groups in total. The Hall–Kier alpha value is -3.10. The molecule has 0 unspecified atom stereocenters. The number of imide groups is 1. The van der Waals surface area contributed by atoms with E-state index in [1.165, 1.54) is 24.3 Å². The van der Waals surface area contributed by atoms with E-state index in [0.29, 0.717) is 138 Å². The summed E-state index contributed by atoms with van der Waals surface area (Å²) in [6.07, 6.45) is 2.50. The Morgan fingerprint density at radius 3 is 1.04 bits per heavy atom. The Morgan fingerprint density at radius 1 is 0.449 bits per heavy atom. The van der Waals surface area contributed by atoms with E-state index in [9.17, 15) is 19.7 Å². The summed E-state index contributed by atoms with van der Waals surface area (Å²) in [5.41, 5.74) is 0.0199. The van der Waals surface area contributed by atoms with Crippen LogP contribution in [-0.4, -0.2) is 167 Å². The van der Waals surface area contributed by atoms with Crippen molar-refractivity contribution >= 4 is 17.5 Å². The summed E-state index contributed by atoms with van der Waals surface area (Å²) in [5, 5.41) is 10.6.